The highest BCUT2D eigenvalue weighted by molar-refractivity contribution is 7.91. The maximum absolute atomic E-state index is 11.6. The van der Waals surface area contributed by atoms with E-state index in [4.69, 9.17) is 5.11 Å². The van der Waals surface area contributed by atoms with Gasteiger partial charge in [0.25, 0.3) is 0 Å². The standard InChI is InChI=1S/C15H19NO3S/c17-10-1-3-14-4-6-15(7-5-14)13-16-8-2-11-20(18,19)12-9-16/h4-7,17H,2,8-13H2. The molecule has 4 nitrogen and oxygen atoms in total. The summed E-state index contributed by atoms with van der Waals surface area (Å²) >= 11 is 0. The van der Waals surface area contributed by atoms with Crippen LogP contribution < -0.4 is 0 Å². The van der Waals surface area contributed by atoms with Crippen LogP contribution in [0.15, 0.2) is 24.3 Å². The molecule has 0 aromatic heterocycles. The van der Waals surface area contributed by atoms with Crippen LogP contribution in [0.5, 0.6) is 0 Å². The van der Waals surface area contributed by atoms with E-state index >= 15 is 0 Å². The average molecular weight is 293 g/mol. The lowest BCUT2D eigenvalue weighted by Crippen LogP contribution is -2.26. The molecule has 0 amide bonds. The zero-order valence-corrected chi connectivity index (χ0v) is 12.2. The summed E-state index contributed by atoms with van der Waals surface area (Å²) in [6.07, 6.45) is 0.711. The summed E-state index contributed by atoms with van der Waals surface area (Å²) in [4.78, 5) is 2.18. The Morgan fingerprint density at radius 3 is 2.60 bits per heavy atom. The summed E-state index contributed by atoms with van der Waals surface area (Å²) in [6, 6.07) is 7.85. The predicted molar refractivity (Wildman–Crippen MR) is 79.0 cm³/mol. The summed E-state index contributed by atoms with van der Waals surface area (Å²) in [7, 11) is -2.85. The lowest BCUT2D eigenvalue weighted by atomic mass is 10.1. The molecule has 1 heterocycles. The molecule has 1 aliphatic heterocycles. The molecule has 2 rings (SSSR count). The van der Waals surface area contributed by atoms with Crippen LogP contribution in [-0.4, -0.2) is 49.6 Å². The SMILES string of the molecule is O=S1(=O)CCCN(Cc2ccc(C#CCO)cc2)CC1. The number of nitrogens with zero attached hydrogens (tertiary/aromatic N) is 1. The van der Waals surface area contributed by atoms with Gasteiger partial charge in [0.15, 0.2) is 9.84 Å². The Kier molecular flexibility index (Phi) is 5.18. The van der Waals surface area contributed by atoms with Gasteiger partial charge >= 0.3 is 0 Å². The molecule has 1 aromatic carbocycles. The molecule has 0 saturated carbocycles. The summed E-state index contributed by atoms with van der Waals surface area (Å²) in [5.41, 5.74) is 2.03. The Morgan fingerprint density at radius 1 is 1.15 bits per heavy atom. The highest BCUT2D eigenvalue weighted by Gasteiger charge is 2.18. The molecule has 0 unspecified atom stereocenters. The van der Waals surface area contributed by atoms with Crippen molar-refractivity contribution in [1.82, 2.24) is 4.90 Å². The zero-order valence-electron chi connectivity index (χ0n) is 11.4. The third kappa shape index (κ3) is 4.64. The molecule has 20 heavy (non-hydrogen) atoms. The first-order valence-corrected chi connectivity index (χ1v) is 8.53. The molecule has 0 radical (unpaired) electrons. The van der Waals surface area contributed by atoms with Crippen molar-refractivity contribution in [3.8, 4) is 11.8 Å². The van der Waals surface area contributed by atoms with Crippen molar-refractivity contribution in [2.75, 3.05) is 31.2 Å². The number of hydrogen-bond acceptors (Lipinski definition) is 4. The number of aliphatic hydroxyl groups is 1. The van der Waals surface area contributed by atoms with Gasteiger partial charge in [-0.25, -0.2) is 8.42 Å². The normalized spacial score (nSPS) is 18.9. The van der Waals surface area contributed by atoms with Gasteiger partial charge in [-0.15, -0.1) is 0 Å². The first kappa shape index (κ1) is 15.0. The minimum Gasteiger partial charge on any atom is -0.384 e. The molecular weight excluding hydrogens is 274 g/mol. The molecular formula is C15H19NO3S. The maximum Gasteiger partial charge on any atom is 0.151 e. The average Bonchev–Trinajstić information content (AvgIpc) is 2.59. The van der Waals surface area contributed by atoms with E-state index in [0.29, 0.717) is 18.7 Å². The predicted octanol–water partition coefficient (Wildman–Crippen LogP) is 0.651. The topological polar surface area (TPSA) is 57.6 Å². The molecule has 0 bridgehead atoms. The molecule has 5 heteroatoms. The van der Waals surface area contributed by atoms with Crippen molar-refractivity contribution in [1.29, 1.82) is 0 Å². The van der Waals surface area contributed by atoms with Crippen molar-refractivity contribution < 1.29 is 13.5 Å². The largest absolute Gasteiger partial charge is 0.384 e. The molecule has 1 fully saturated rings. The monoisotopic (exact) mass is 293 g/mol. The molecule has 0 aliphatic carbocycles. The van der Waals surface area contributed by atoms with Crippen LogP contribution in [0.25, 0.3) is 0 Å². The Balaban J connectivity index is 1.96. The van der Waals surface area contributed by atoms with Crippen molar-refractivity contribution in [2.45, 2.75) is 13.0 Å². The van der Waals surface area contributed by atoms with E-state index in [1.165, 1.54) is 0 Å². The first-order valence-electron chi connectivity index (χ1n) is 6.70. The lowest BCUT2D eigenvalue weighted by molar-refractivity contribution is 0.287. The van der Waals surface area contributed by atoms with Crippen LogP contribution in [-0.2, 0) is 16.4 Å². The second kappa shape index (κ2) is 6.89. The van der Waals surface area contributed by atoms with Gasteiger partial charge in [0.1, 0.15) is 6.61 Å². The summed E-state index contributed by atoms with van der Waals surface area (Å²) in [5.74, 6) is 6.03. The van der Waals surface area contributed by atoms with Gasteiger partial charge in [-0.05, 0) is 30.7 Å². The summed E-state index contributed by atoms with van der Waals surface area (Å²) in [5, 5.41) is 8.64. The fourth-order valence-electron chi connectivity index (χ4n) is 2.24. The third-order valence-electron chi connectivity index (χ3n) is 3.32. The number of rotatable bonds is 2. The molecule has 0 spiro atoms. The van der Waals surface area contributed by atoms with Crippen LogP contribution >= 0.6 is 0 Å². The number of aliphatic hydroxyl groups excluding tert-OH is 1. The fraction of sp³-hybridized carbons (Fsp3) is 0.467. The molecule has 108 valence electrons. The summed E-state index contributed by atoms with van der Waals surface area (Å²) < 4.78 is 23.1. The zero-order chi connectivity index (χ0) is 14.4. The second-order valence-electron chi connectivity index (χ2n) is 4.94. The van der Waals surface area contributed by atoms with E-state index in [1.54, 1.807) is 0 Å². The van der Waals surface area contributed by atoms with Crippen molar-refractivity contribution >= 4 is 9.84 Å². The van der Waals surface area contributed by atoms with E-state index in [9.17, 15) is 8.42 Å². The quantitative estimate of drug-likeness (QED) is 0.814. The van der Waals surface area contributed by atoms with Crippen LogP contribution in [0.4, 0.5) is 0 Å². The minimum atomic E-state index is -2.85. The van der Waals surface area contributed by atoms with Crippen LogP contribution in [0.1, 0.15) is 17.5 Å². The van der Waals surface area contributed by atoms with Gasteiger partial charge < -0.3 is 5.11 Å². The lowest BCUT2D eigenvalue weighted by Gasteiger charge is -2.19. The molecule has 1 N–H and O–H groups in total. The summed E-state index contributed by atoms with van der Waals surface area (Å²) in [6.45, 7) is 2.06. The van der Waals surface area contributed by atoms with Gasteiger partial charge in [-0.1, -0.05) is 24.0 Å². The number of hydrogen-bond donors (Lipinski definition) is 1. The van der Waals surface area contributed by atoms with Gasteiger partial charge in [0.05, 0.1) is 11.5 Å². The Labute approximate surface area is 120 Å². The third-order valence-corrected chi connectivity index (χ3v) is 5.04. The maximum atomic E-state index is 11.6. The fourth-order valence-corrected chi connectivity index (χ4v) is 3.55. The van der Waals surface area contributed by atoms with E-state index in [1.807, 2.05) is 24.3 Å². The van der Waals surface area contributed by atoms with Crippen molar-refractivity contribution in [2.24, 2.45) is 0 Å². The molecule has 0 atom stereocenters. The number of sulfone groups is 1. The molecule has 1 aliphatic rings. The van der Waals surface area contributed by atoms with E-state index in [0.717, 1.165) is 24.2 Å². The minimum absolute atomic E-state index is 0.135. The van der Waals surface area contributed by atoms with Crippen LogP contribution in [0.3, 0.4) is 0 Å². The smallest absolute Gasteiger partial charge is 0.151 e. The first-order chi connectivity index (χ1) is 9.59. The highest BCUT2D eigenvalue weighted by atomic mass is 32.2. The Morgan fingerprint density at radius 2 is 1.90 bits per heavy atom. The van der Waals surface area contributed by atoms with Crippen molar-refractivity contribution in [3.05, 3.63) is 35.4 Å². The van der Waals surface area contributed by atoms with Crippen LogP contribution in [0, 0.1) is 11.8 Å². The van der Waals surface area contributed by atoms with E-state index < -0.39 is 9.84 Å². The number of benzene rings is 1. The van der Waals surface area contributed by atoms with E-state index in [-0.39, 0.29) is 12.4 Å². The van der Waals surface area contributed by atoms with Gasteiger partial charge in [-0.2, -0.15) is 0 Å². The molecule has 1 saturated heterocycles. The molecule has 1 aromatic rings. The van der Waals surface area contributed by atoms with Gasteiger partial charge in [0, 0.05) is 18.7 Å². The van der Waals surface area contributed by atoms with E-state index in [2.05, 4.69) is 16.7 Å². The Hall–Kier alpha value is -1.35. The van der Waals surface area contributed by atoms with Crippen LogP contribution in [0.2, 0.25) is 0 Å². The van der Waals surface area contributed by atoms with Gasteiger partial charge in [0.2, 0.25) is 0 Å². The van der Waals surface area contributed by atoms with Gasteiger partial charge in [-0.3, -0.25) is 4.90 Å². The Bertz CT molecular complexity index is 596. The highest BCUT2D eigenvalue weighted by Crippen LogP contribution is 2.11. The van der Waals surface area contributed by atoms with Crippen molar-refractivity contribution in [3.63, 3.8) is 0 Å². The second-order valence-corrected chi connectivity index (χ2v) is 7.24.